The SMILES string of the molecule is C=CCN(C(=O)OC(C)(C)C)C(C/C=C/C)B1OC(C)(C)C(C)(C)O1. The Morgan fingerprint density at radius 2 is 1.76 bits per heavy atom. The molecule has 1 heterocycles. The van der Waals surface area contributed by atoms with Crippen molar-refractivity contribution >= 4 is 13.2 Å². The molecule has 6 heteroatoms. The molecule has 0 N–H and O–H groups in total. The molecule has 0 saturated carbocycles. The second-order valence-corrected chi connectivity index (χ2v) is 8.42. The second kappa shape index (κ2) is 7.96. The van der Waals surface area contributed by atoms with Crippen LogP contribution < -0.4 is 0 Å². The van der Waals surface area contributed by atoms with Crippen LogP contribution in [-0.4, -0.2) is 47.4 Å². The molecule has 0 aromatic carbocycles. The fraction of sp³-hybridized carbons (Fsp3) is 0.737. The van der Waals surface area contributed by atoms with E-state index in [1.807, 2.05) is 67.5 Å². The highest BCUT2D eigenvalue weighted by molar-refractivity contribution is 6.48. The molecule has 1 atom stereocenters. The maximum atomic E-state index is 12.8. The Hall–Kier alpha value is -1.27. The molecule has 1 aliphatic rings. The zero-order valence-electron chi connectivity index (χ0n) is 17.1. The molecule has 1 saturated heterocycles. The van der Waals surface area contributed by atoms with E-state index >= 15 is 0 Å². The van der Waals surface area contributed by atoms with Gasteiger partial charge in [-0.25, -0.2) is 4.79 Å². The van der Waals surface area contributed by atoms with Gasteiger partial charge < -0.3 is 18.9 Å². The van der Waals surface area contributed by atoms with Crippen LogP contribution in [0.2, 0.25) is 0 Å². The van der Waals surface area contributed by atoms with Gasteiger partial charge in [-0.2, -0.15) is 0 Å². The number of allylic oxidation sites excluding steroid dienone is 1. The summed E-state index contributed by atoms with van der Waals surface area (Å²) in [5, 5.41) is 0. The quantitative estimate of drug-likeness (QED) is 0.526. The van der Waals surface area contributed by atoms with Crippen LogP contribution in [0.4, 0.5) is 4.79 Å². The first-order valence-corrected chi connectivity index (χ1v) is 8.92. The number of amides is 1. The average molecular weight is 351 g/mol. The molecule has 25 heavy (non-hydrogen) atoms. The van der Waals surface area contributed by atoms with E-state index in [1.54, 1.807) is 11.0 Å². The summed E-state index contributed by atoms with van der Waals surface area (Å²) in [5.41, 5.74) is -1.49. The van der Waals surface area contributed by atoms with Gasteiger partial charge >= 0.3 is 13.2 Å². The first-order chi connectivity index (χ1) is 11.3. The van der Waals surface area contributed by atoms with Crippen LogP contribution in [0.5, 0.6) is 0 Å². The molecule has 0 bridgehead atoms. The molecule has 1 rings (SSSR count). The summed E-state index contributed by atoms with van der Waals surface area (Å²) in [7, 11) is -0.534. The lowest BCUT2D eigenvalue weighted by molar-refractivity contribution is 0.00578. The predicted molar refractivity (Wildman–Crippen MR) is 102 cm³/mol. The Balaban J connectivity index is 3.13. The van der Waals surface area contributed by atoms with E-state index in [1.165, 1.54) is 0 Å². The van der Waals surface area contributed by atoms with Crippen molar-refractivity contribution in [1.29, 1.82) is 0 Å². The number of ether oxygens (including phenoxy) is 1. The van der Waals surface area contributed by atoms with Gasteiger partial charge in [-0.05, 0) is 61.8 Å². The van der Waals surface area contributed by atoms with Gasteiger partial charge in [0, 0.05) is 6.54 Å². The van der Waals surface area contributed by atoms with E-state index in [2.05, 4.69) is 6.58 Å². The fourth-order valence-corrected chi connectivity index (χ4v) is 2.51. The van der Waals surface area contributed by atoms with Gasteiger partial charge in [0.25, 0.3) is 0 Å². The molecule has 0 spiro atoms. The molecule has 1 unspecified atom stereocenters. The minimum atomic E-state index is -0.572. The van der Waals surface area contributed by atoms with E-state index in [-0.39, 0.29) is 5.94 Å². The van der Waals surface area contributed by atoms with Crippen molar-refractivity contribution in [2.75, 3.05) is 6.54 Å². The number of nitrogens with zero attached hydrogens (tertiary/aromatic N) is 1. The van der Waals surface area contributed by atoms with Gasteiger partial charge in [0.05, 0.1) is 17.1 Å². The zero-order chi connectivity index (χ0) is 19.5. The normalized spacial score (nSPS) is 20.6. The molecule has 1 fully saturated rings. The standard InChI is InChI=1S/C19H34BNO4/c1-10-12-13-15(20-24-18(6,7)19(8,9)25-20)21(14-11-2)16(22)23-17(3,4)5/h10-12,15H,2,13-14H2,1,3-9H3/b12-10+. The van der Waals surface area contributed by atoms with E-state index in [0.717, 1.165) is 0 Å². The fourth-order valence-electron chi connectivity index (χ4n) is 2.51. The highest BCUT2D eigenvalue weighted by atomic mass is 16.7. The van der Waals surface area contributed by atoms with Crippen LogP contribution >= 0.6 is 0 Å². The van der Waals surface area contributed by atoms with Crippen LogP contribution in [0.15, 0.2) is 24.8 Å². The first kappa shape index (κ1) is 21.8. The average Bonchev–Trinajstić information content (AvgIpc) is 2.64. The van der Waals surface area contributed by atoms with Gasteiger partial charge in [0.15, 0.2) is 0 Å². The molecule has 1 amide bonds. The van der Waals surface area contributed by atoms with E-state index in [4.69, 9.17) is 14.0 Å². The maximum absolute atomic E-state index is 12.8. The Bertz CT molecular complexity index is 492. The van der Waals surface area contributed by atoms with Crippen molar-refractivity contribution < 1.29 is 18.8 Å². The summed E-state index contributed by atoms with van der Waals surface area (Å²) >= 11 is 0. The van der Waals surface area contributed by atoms with Gasteiger partial charge in [0.2, 0.25) is 0 Å². The van der Waals surface area contributed by atoms with E-state index < -0.39 is 30.0 Å². The molecule has 0 aromatic heterocycles. The monoisotopic (exact) mass is 351 g/mol. The number of hydrogen-bond donors (Lipinski definition) is 0. The highest BCUT2D eigenvalue weighted by Gasteiger charge is 2.55. The van der Waals surface area contributed by atoms with Crippen LogP contribution in [0.25, 0.3) is 0 Å². The van der Waals surface area contributed by atoms with Crippen LogP contribution in [0.1, 0.15) is 61.8 Å². The summed E-state index contributed by atoms with van der Waals surface area (Å²) in [4.78, 5) is 14.4. The Kier molecular flexibility index (Phi) is 6.93. The number of rotatable bonds is 6. The zero-order valence-corrected chi connectivity index (χ0v) is 17.1. The van der Waals surface area contributed by atoms with Gasteiger partial charge in [0.1, 0.15) is 5.60 Å². The predicted octanol–water partition coefficient (Wildman–Crippen LogP) is 4.38. The van der Waals surface area contributed by atoms with Crippen LogP contribution in [0, 0.1) is 0 Å². The smallest absolute Gasteiger partial charge is 0.444 e. The van der Waals surface area contributed by atoms with Crippen LogP contribution in [-0.2, 0) is 14.0 Å². The lowest BCUT2D eigenvalue weighted by atomic mass is 9.75. The van der Waals surface area contributed by atoms with Crippen molar-refractivity contribution in [3.05, 3.63) is 24.8 Å². The molecular weight excluding hydrogens is 317 g/mol. The Morgan fingerprint density at radius 1 is 1.24 bits per heavy atom. The molecule has 142 valence electrons. The summed E-state index contributed by atoms with van der Waals surface area (Å²) in [5.74, 6) is -0.301. The largest absolute Gasteiger partial charge is 0.482 e. The van der Waals surface area contributed by atoms with Crippen LogP contribution in [0.3, 0.4) is 0 Å². The summed E-state index contributed by atoms with van der Waals surface area (Å²) in [6.45, 7) is 19.7. The summed E-state index contributed by atoms with van der Waals surface area (Å²) < 4.78 is 18.0. The number of carbonyl (C=O) groups is 1. The van der Waals surface area contributed by atoms with Crippen molar-refractivity contribution in [2.45, 2.75) is 84.6 Å². The maximum Gasteiger partial charge on any atom is 0.482 e. The van der Waals surface area contributed by atoms with Crippen molar-refractivity contribution in [3.63, 3.8) is 0 Å². The third kappa shape index (κ3) is 5.61. The molecule has 5 nitrogen and oxygen atoms in total. The topological polar surface area (TPSA) is 48.0 Å². The Morgan fingerprint density at radius 3 is 2.16 bits per heavy atom. The Labute approximate surface area is 153 Å². The minimum Gasteiger partial charge on any atom is -0.444 e. The molecular formula is C19H34BNO4. The first-order valence-electron chi connectivity index (χ1n) is 8.92. The molecule has 0 radical (unpaired) electrons. The third-order valence-corrected chi connectivity index (χ3v) is 4.55. The highest BCUT2D eigenvalue weighted by Crippen LogP contribution is 2.39. The second-order valence-electron chi connectivity index (χ2n) is 8.42. The van der Waals surface area contributed by atoms with Crippen molar-refractivity contribution in [1.82, 2.24) is 4.90 Å². The molecule has 1 aliphatic heterocycles. The van der Waals surface area contributed by atoms with E-state index in [9.17, 15) is 4.79 Å². The summed E-state index contributed by atoms with van der Waals surface area (Å²) in [6, 6.07) is 0. The number of hydrogen-bond acceptors (Lipinski definition) is 4. The van der Waals surface area contributed by atoms with Gasteiger partial charge in [-0.15, -0.1) is 6.58 Å². The summed E-state index contributed by atoms with van der Waals surface area (Å²) in [6.07, 6.45) is 5.88. The number of carbonyl (C=O) groups excluding carboxylic acids is 1. The van der Waals surface area contributed by atoms with Crippen molar-refractivity contribution in [3.8, 4) is 0 Å². The lowest BCUT2D eigenvalue weighted by Crippen LogP contribution is -2.52. The molecule has 0 aromatic rings. The lowest BCUT2D eigenvalue weighted by Gasteiger charge is -2.33. The molecule has 0 aliphatic carbocycles. The van der Waals surface area contributed by atoms with E-state index in [0.29, 0.717) is 13.0 Å². The van der Waals surface area contributed by atoms with Crippen molar-refractivity contribution in [2.24, 2.45) is 0 Å². The van der Waals surface area contributed by atoms with Gasteiger partial charge in [-0.3, -0.25) is 0 Å². The van der Waals surface area contributed by atoms with Gasteiger partial charge in [-0.1, -0.05) is 18.2 Å². The third-order valence-electron chi connectivity index (χ3n) is 4.55. The minimum absolute atomic E-state index is 0.301.